The van der Waals surface area contributed by atoms with Crippen molar-refractivity contribution in [1.29, 1.82) is 0 Å². The van der Waals surface area contributed by atoms with Gasteiger partial charge in [-0.15, -0.1) is 0 Å². The third-order valence-electron chi connectivity index (χ3n) is 4.09. The molecule has 0 aromatic rings. The van der Waals surface area contributed by atoms with Gasteiger partial charge in [0.15, 0.2) is 0 Å². The smallest absolute Gasteiger partial charge is 0.453 e. The molecule has 2 N–H and O–H groups in total. The van der Waals surface area contributed by atoms with Gasteiger partial charge in [-0.25, -0.2) is 0 Å². The highest BCUT2D eigenvalue weighted by Gasteiger charge is 2.56. The van der Waals surface area contributed by atoms with Crippen LogP contribution in [-0.4, -0.2) is 49.5 Å². The van der Waals surface area contributed by atoms with E-state index in [0.717, 1.165) is 38.6 Å². The van der Waals surface area contributed by atoms with Crippen LogP contribution in [0.25, 0.3) is 0 Å². The summed E-state index contributed by atoms with van der Waals surface area (Å²) in [5, 5.41) is 11.7. The zero-order chi connectivity index (χ0) is 20.6. The maximum absolute atomic E-state index is 12.7. The van der Waals surface area contributed by atoms with Gasteiger partial charge in [0.2, 0.25) is 0 Å². The topological polar surface area (TPSA) is 58.6 Å². The highest BCUT2D eigenvalue weighted by atomic mass is 19.4. The van der Waals surface area contributed by atoms with E-state index in [-0.39, 0.29) is 32.0 Å². The molecule has 0 saturated heterocycles. The monoisotopic (exact) mass is 405 g/mol. The van der Waals surface area contributed by atoms with E-state index < -0.39 is 18.5 Å². The lowest BCUT2D eigenvalue weighted by Gasteiger charge is -2.19. The largest absolute Gasteiger partial charge is 0.466 e. The van der Waals surface area contributed by atoms with Gasteiger partial charge in [-0.05, 0) is 32.2 Å². The molecule has 0 bridgehead atoms. The van der Waals surface area contributed by atoms with Crippen LogP contribution in [-0.2, 0) is 9.53 Å². The van der Waals surface area contributed by atoms with E-state index in [4.69, 9.17) is 9.84 Å². The molecule has 9 heteroatoms. The molecule has 0 aromatic heterocycles. The van der Waals surface area contributed by atoms with E-state index in [1.165, 1.54) is 0 Å². The molecule has 4 nitrogen and oxygen atoms in total. The van der Waals surface area contributed by atoms with Crippen LogP contribution in [0.1, 0.15) is 70.6 Å². The first-order valence-electron chi connectivity index (χ1n) is 9.62. The molecule has 0 spiro atoms. The van der Waals surface area contributed by atoms with Gasteiger partial charge in [0.05, 0.1) is 13.2 Å². The Balaban J connectivity index is 3.40. The minimum Gasteiger partial charge on any atom is -0.466 e. The summed E-state index contributed by atoms with van der Waals surface area (Å²) >= 11 is 0. The zero-order valence-corrected chi connectivity index (χ0v) is 15.8. The van der Waals surface area contributed by atoms with Crippen LogP contribution >= 0.6 is 0 Å². The number of ether oxygens (including phenoxy) is 1. The Bertz CT molecular complexity index is 378. The normalized spacial score (nSPS) is 12.4. The summed E-state index contributed by atoms with van der Waals surface area (Å²) in [6, 6.07) is 0. The molecule has 0 aromatic carbocycles. The molecule has 0 heterocycles. The van der Waals surface area contributed by atoms with Crippen molar-refractivity contribution in [2.24, 2.45) is 0 Å². The highest BCUT2D eigenvalue weighted by molar-refractivity contribution is 5.69. The summed E-state index contributed by atoms with van der Waals surface area (Å²) in [5.74, 6) is -4.93. The first-order chi connectivity index (χ1) is 12.7. The number of hydrogen-bond acceptors (Lipinski definition) is 4. The fourth-order valence-corrected chi connectivity index (χ4v) is 2.46. The fraction of sp³-hybridized carbons (Fsp3) is 0.944. The van der Waals surface area contributed by atoms with E-state index in [9.17, 15) is 26.7 Å². The van der Waals surface area contributed by atoms with Crippen molar-refractivity contribution in [1.82, 2.24) is 5.32 Å². The number of nitrogens with one attached hydrogen (secondary N) is 1. The van der Waals surface area contributed by atoms with E-state index in [1.54, 1.807) is 0 Å². The summed E-state index contributed by atoms with van der Waals surface area (Å²) in [4.78, 5) is 11.5. The summed E-state index contributed by atoms with van der Waals surface area (Å²) in [5.41, 5.74) is 0. The standard InChI is InChI=1S/C18H32F5NO3/c19-17(20,18(21,22)23)11-7-3-5-9-15-27-16(26)10-6-2-1-4-8-12-24-13-14-25/h24-25H,1-15H2. The molecular formula is C18H32F5NO3. The van der Waals surface area contributed by atoms with E-state index >= 15 is 0 Å². The molecule has 0 saturated carbocycles. The van der Waals surface area contributed by atoms with Crippen LogP contribution < -0.4 is 5.32 Å². The first kappa shape index (κ1) is 26.0. The Kier molecular flexibility index (Phi) is 14.5. The summed E-state index contributed by atoms with van der Waals surface area (Å²) in [7, 11) is 0. The zero-order valence-electron chi connectivity index (χ0n) is 15.8. The van der Waals surface area contributed by atoms with Gasteiger partial charge in [0, 0.05) is 19.4 Å². The number of hydrogen-bond donors (Lipinski definition) is 2. The molecule has 0 aliphatic carbocycles. The minimum atomic E-state index is -5.49. The van der Waals surface area contributed by atoms with Gasteiger partial charge in [-0.2, -0.15) is 22.0 Å². The van der Waals surface area contributed by atoms with Crippen molar-refractivity contribution in [3.8, 4) is 0 Å². The van der Waals surface area contributed by atoms with Crippen LogP contribution in [0.2, 0.25) is 0 Å². The molecule has 0 atom stereocenters. The Morgan fingerprint density at radius 1 is 0.815 bits per heavy atom. The van der Waals surface area contributed by atoms with Crippen LogP contribution in [0.15, 0.2) is 0 Å². The quantitative estimate of drug-likeness (QED) is 0.211. The Labute approximate surface area is 157 Å². The van der Waals surface area contributed by atoms with Crippen molar-refractivity contribution in [3.05, 3.63) is 0 Å². The second kappa shape index (κ2) is 15.0. The van der Waals surface area contributed by atoms with Gasteiger partial charge in [0.25, 0.3) is 0 Å². The first-order valence-corrected chi connectivity index (χ1v) is 9.62. The number of esters is 1. The molecule has 0 unspecified atom stereocenters. The number of aliphatic hydroxyl groups is 1. The van der Waals surface area contributed by atoms with Crippen molar-refractivity contribution < 1.29 is 36.6 Å². The molecule has 0 radical (unpaired) electrons. The lowest BCUT2D eigenvalue weighted by molar-refractivity contribution is -0.284. The second-order valence-corrected chi connectivity index (χ2v) is 6.58. The maximum atomic E-state index is 12.7. The number of unbranched alkanes of at least 4 members (excludes halogenated alkanes) is 7. The molecule has 0 fully saturated rings. The van der Waals surface area contributed by atoms with E-state index in [0.29, 0.717) is 25.8 Å². The van der Waals surface area contributed by atoms with Gasteiger partial charge < -0.3 is 15.2 Å². The minimum absolute atomic E-state index is 0.135. The van der Waals surface area contributed by atoms with Crippen LogP contribution in [0.3, 0.4) is 0 Å². The third kappa shape index (κ3) is 14.7. The highest BCUT2D eigenvalue weighted by Crippen LogP contribution is 2.39. The van der Waals surface area contributed by atoms with Crippen molar-refractivity contribution in [2.75, 3.05) is 26.3 Å². The van der Waals surface area contributed by atoms with Crippen LogP contribution in [0.4, 0.5) is 22.0 Å². The molecule has 27 heavy (non-hydrogen) atoms. The molecule has 162 valence electrons. The van der Waals surface area contributed by atoms with Crippen molar-refractivity contribution in [3.63, 3.8) is 0 Å². The third-order valence-corrected chi connectivity index (χ3v) is 4.09. The summed E-state index contributed by atoms with van der Waals surface area (Å²) in [6.07, 6.45) is -0.620. The summed E-state index contributed by atoms with van der Waals surface area (Å²) < 4.78 is 66.3. The summed E-state index contributed by atoms with van der Waals surface area (Å²) in [6.45, 7) is 1.78. The predicted octanol–water partition coefficient (Wildman–Crippen LogP) is 4.60. The lowest BCUT2D eigenvalue weighted by Crippen LogP contribution is -2.36. The number of aliphatic hydroxyl groups excluding tert-OH is 1. The second-order valence-electron chi connectivity index (χ2n) is 6.58. The Morgan fingerprint density at radius 2 is 1.41 bits per heavy atom. The maximum Gasteiger partial charge on any atom is 0.453 e. The Hall–Kier alpha value is -0.960. The van der Waals surface area contributed by atoms with Crippen LogP contribution in [0, 0.1) is 0 Å². The molecule has 0 rings (SSSR count). The van der Waals surface area contributed by atoms with Gasteiger partial charge in [-0.3, -0.25) is 4.79 Å². The van der Waals surface area contributed by atoms with Crippen molar-refractivity contribution >= 4 is 5.97 Å². The fourth-order valence-electron chi connectivity index (χ4n) is 2.46. The molecular weight excluding hydrogens is 373 g/mol. The predicted molar refractivity (Wildman–Crippen MR) is 92.7 cm³/mol. The Morgan fingerprint density at radius 3 is 2.07 bits per heavy atom. The molecule has 0 aliphatic rings. The average molecular weight is 405 g/mol. The number of carbonyl (C=O) groups excluding carboxylic acids is 1. The van der Waals surface area contributed by atoms with E-state index in [1.807, 2.05) is 0 Å². The van der Waals surface area contributed by atoms with Gasteiger partial charge in [0.1, 0.15) is 0 Å². The van der Waals surface area contributed by atoms with Crippen LogP contribution in [0.5, 0.6) is 0 Å². The lowest BCUT2D eigenvalue weighted by atomic mass is 10.1. The average Bonchev–Trinajstić information content (AvgIpc) is 2.58. The van der Waals surface area contributed by atoms with Crippen molar-refractivity contribution in [2.45, 2.75) is 82.7 Å². The number of carbonyl (C=O) groups is 1. The van der Waals surface area contributed by atoms with E-state index in [2.05, 4.69) is 5.32 Å². The number of halogens is 5. The van der Waals surface area contributed by atoms with Gasteiger partial charge in [-0.1, -0.05) is 32.1 Å². The molecule has 0 aliphatic heterocycles. The number of rotatable bonds is 17. The SMILES string of the molecule is O=C(CCCCCCCNCCO)OCCCCCCC(F)(F)C(F)(F)F. The van der Waals surface area contributed by atoms with Gasteiger partial charge >= 0.3 is 18.1 Å². The molecule has 0 amide bonds. The number of alkyl halides is 5.